The third kappa shape index (κ3) is 3.14. The molecule has 0 saturated carbocycles. The number of hydrogen-bond donors (Lipinski definition) is 1. The van der Waals surface area contributed by atoms with Crippen LogP contribution in [-0.4, -0.2) is 17.5 Å². The molecule has 0 bridgehead atoms. The van der Waals surface area contributed by atoms with Crippen molar-refractivity contribution in [2.45, 2.75) is 25.3 Å². The summed E-state index contributed by atoms with van der Waals surface area (Å²) in [5, 5.41) is 14.9. The zero-order valence-corrected chi connectivity index (χ0v) is 16.0. The number of carbonyl (C=O) groups excluding carboxylic acids is 1. The lowest BCUT2D eigenvalue weighted by Gasteiger charge is -2.37. The summed E-state index contributed by atoms with van der Waals surface area (Å²) in [7, 11) is 0. The van der Waals surface area contributed by atoms with E-state index in [0.29, 0.717) is 12.2 Å². The van der Waals surface area contributed by atoms with E-state index in [1.165, 1.54) is 0 Å². The van der Waals surface area contributed by atoms with Gasteiger partial charge in [-0.3, -0.25) is 10.1 Å². The van der Waals surface area contributed by atoms with E-state index >= 15 is 0 Å². The number of benzene rings is 2. The number of hydrogen-bond acceptors (Lipinski definition) is 5. The minimum atomic E-state index is -0.460. The van der Waals surface area contributed by atoms with Crippen LogP contribution in [-0.2, 0) is 4.74 Å². The molecule has 2 aromatic carbocycles. The second-order valence-electron chi connectivity index (χ2n) is 6.97. The molecule has 7 heteroatoms. The molecule has 0 radical (unpaired) electrons. The lowest BCUT2D eigenvalue weighted by Crippen LogP contribution is -2.29. The van der Waals surface area contributed by atoms with Crippen molar-refractivity contribution in [1.29, 1.82) is 0 Å². The second kappa shape index (κ2) is 7.28. The van der Waals surface area contributed by atoms with Crippen molar-refractivity contribution in [3.05, 3.63) is 80.4 Å². The van der Waals surface area contributed by atoms with Gasteiger partial charge in [-0.1, -0.05) is 29.8 Å². The van der Waals surface area contributed by atoms with E-state index in [2.05, 4.69) is 17.5 Å². The van der Waals surface area contributed by atoms with Gasteiger partial charge in [0.1, 0.15) is 5.02 Å². The maximum atomic E-state index is 12.1. The molecule has 1 heterocycles. The Morgan fingerprint density at radius 2 is 2.14 bits per heavy atom. The van der Waals surface area contributed by atoms with Crippen LogP contribution in [0.1, 0.15) is 46.8 Å². The highest BCUT2D eigenvalue weighted by atomic mass is 35.5. The lowest BCUT2D eigenvalue weighted by molar-refractivity contribution is -0.384. The van der Waals surface area contributed by atoms with Crippen LogP contribution < -0.4 is 5.32 Å². The van der Waals surface area contributed by atoms with Crippen molar-refractivity contribution in [2.75, 3.05) is 11.9 Å². The monoisotopic (exact) mass is 398 g/mol. The van der Waals surface area contributed by atoms with E-state index in [9.17, 15) is 14.9 Å². The van der Waals surface area contributed by atoms with E-state index in [1.807, 2.05) is 18.2 Å². The molecule has 144 valence electrons. The summed E-state index contributed by atoms with van der Waals surface area (Å²) in [6.45, 7) is 2.11. The number of ether oxygens (including phenoxy) is 1. The van der Waals surface area contributed by atoms with Gasteiger partial charge in [0.05, 0.1) is 23.1 Å². The molecule has 6 nitrogen and oxygen atoms in total. The average molecular weight is 399 g/mol. The minimum Gasteiger partial charge on any atom is -0.462 e. The van der Waals surface area contributed by atoms with Gasteiger partial charge in [0.25, 0.3) is 5.69 Å². The summed E-state index contributed by atoms with van der Waals surface area (Å²) < 4.78 is 5.11. The maximum absolute atomic E-state index is 12.1. The Bertz CT molecular complexity index is 988. The molecule has 0 aromatic heterocycles. The molecule has 2 aliphatic rings. The summed E-state index contributed by atoms with van der Waals surface area (Å²) in [5.41, 5.74) is 3.23. The molecule has 1 aliphatic carbocycles. The van der Waals surface area contributed by atoms with Gasteiger partial charge in [0.15, 0.2) is 0 Å². The lowest BCUT2D eigenvalue weighted by atomic mass is 9.76. The maximum Gasteiger partial charge on any atom is 0.338 e. The first-order chi connectivity index (χ1) is 13.5. The van der Waals surface area contributed by atoms with Crippen molar-refractivity contribution in [1.82, 2.24) is 0 Å². The Labute approximate surface area is 167 Å². The van der Waals surface area contributed by atoms with Crippen LogP contribution in [0.5, 0.6) is 0 Å². The van der Waals surface area contributed by atoms with Crippen molar-refractivity contribution >= 4 is 28.9 Å². The average Bonchev–Trinajstić information content (AvgIpc) is 3.17. The number of anilines is 1. The minimum absolute atomic E-state index is 0.0862. The van der Waals surface area contributed by atoms with Crippen LogP contribution in [0.15, 0.2) is 48.6 Å². The van der Waals surface area contributed by atoms with Crippen molar-refractivity contribution < 1.29 is 14.5 Å². The Hall–Kier alpha value is -2.86. The predicted octanol–water partition coefficient (Wildman–Crippen LogP) is 5.25. The van der Waals surface area contributed by atoms with Crippen molar-refractivity contribution in [3.63, 3.8) is 0 Å². The van der Waals surface area contributed by atoms with Crippen molar-refractivity contribution in [3.8, 4) is 0 Å². The topological polar surface area (TPSA) is 81.5 Å². The van der Waals surface area contributed by atoms with Crippen LogP contribution in [0.4, 0.5) is 11.4 Å². The molecule has 28 heavy (non-hydrogen) atoms. The van der Waals surface area contributed by atoms with E-state index < -0.39 is 4.92 Å². The number of halogens is 1. The number of fused-ring (bicyclic) bond motifs is 3. The Kier molecular flexibility index (Phi) is 4.81. The first-order valence-corrected chi connectivity index (χ1v) is 9.55. The number of carbonyl (C=O) groups is 1. The van der Waals surface area contributed by atoms with Gasteiger partial charge < -0.3 is 10.1 Å². The van der Waals surface area contributed by atoms with Crippen LogP contribution in [0.2, 0.25) is 5.02 Å². The highest BCUT2D eigenvalue weighted by Gasteiger charge is 2.38. The first kappa shape index (κ1) is 18.5. The number of nitro groups is 1. The van der Waals surface area contributed by atoms with Gasteiger partial charge in [-0.2, -0.15) is 0 Å². The highest BCUT2D eigenvalue weighted by Crippen LogP contribution is 2.50. The summed E-state index contributed by atoms with van der Waals surface area (Å²) in [6, 6.07) is 10.4. The van der Waals surface area contributed by atoms with Crippen LogP contribution in [0.25, 0.3) is 0 Å². The fourth-order valence-electron chi connectivity index (χ4n) is 4.13. The zero-order valence-electron chi connectivity index (χ0n) is 15.2. The predicted molar refractivity (Wildman–Crippen MR) is 107 cm³/mol. The van der Waals surface area contributed by atoms with Gasteiger partial charge in [-0.05, 0) is 54.7 Å². The number of esters is 1. The van der Waals surface area contributed by atoms with Gasteiger partial charge in [0, 0.05) is 17.7 Å². The molecular formula is C21H19ClN2O4. The van der Waals surface area contributed by atoms with Gasteiger partial charge >= 0.3 is 5.97 Å². The largest absolute Gasteiger partial charge is 0.462 e. The molecule has 1 aliphatic heterocycles. The number of nitro benzene ring substituents is 1. The Morgan fingerprint density at radius 3 is 2.89 bits per heavy atom. The SMILES string of the molecule is CCOC(=O)c1ccc2c(c1)[C@@H]1C=CC[C@H]1[C@H](c1ccc(Cl)c([N+](=O)[O-])c1)N2. The fourth-order valence-corrected chi connectivity index (χ4v) is 4.32. The van der Waals surface area contributed by atoms with Crippen LogP contribution in [0, 0.1) is 16.0 Å². The second-order valence-corrected chi connectivity index (χ2v) is 7.37. The number of rotatable bonds is 4. The van der Waals surface area contributed by atoms with Gasteiger partial charge in [0.2, 0.25) is 0 Å². The van der Waals surface area contributed by atoms with Crippen LogP contribution >= 0.6 is 11.6 Å². The Morgan fingerprint density at radius 1 is 1.32 bits per heavy atom. The highest BCUT2D eigenvalue weighted by molar-refractivity contribution is 6.32. The number of nitrogens with zero attached hydrogens (tertiary/aromatic N) is 1. The van der Waals surface area contributed by atoms with Gasteiger partial charge in [-0.25, -0.2) is 4.79 Å². The van der Waals surface area contributed by atoms with E-state index in [4.69, 9.17) is 16.3 Å². The molecule has 0 fully saturated rings. The molecular weight excluding hydrogens is 380 g/mol. The molecule has 2 aromatic rings. The quantitative estimate of drug-likeness (QED) is 0.329. The molecule has 0 unspecified atom stereocenters. The van der Waals surface area contributed by atoms with Crippen LogP contribution in [0.3, 0.4) is 0 Å². The smallest absolute Gasteiger partial charge is 0.338 e. The van der Waals surface area contributed by atoms with E-state index in [1.54, 1.807) is 25.1 Å². The van der Waals surface area contributed by atoms with Gasteiger partial charge in [-0.15, -0.1) is 0 Å². The fraction of sp³-hybridized carbons (Fsp3) is 0.286. The molecule has 0 saturated heterocycles. The summed E-state index contributed by atoms with van der Waals surface area (Å²) in [5.74, 6) is -0.00429. The molecule has 1 N–H and O–H groups in total. The summed E-state index contributed by atoms with van der Waals surface area (Å²) in [4.78, 5) is 22.9. The standard InChI is InChI=1S/C21H19ClN2O4/c1-2-28-21(25)13-7-9-18-16(10-13)14-4-3-5-15(14)20(23-18)12-6-8-17(22)19(11-12)24(26)27/h3-4,6-11,14-15,20,23H,2,5H2,1H3/t14-,15-,20+/m1/s1. The third-order valence-corrected chi connectivity index (χ3v) is 5.72. The zero-order chi connectivity index (χ0) is 19.8. The molecule has 0 spiro atoms. The number of nitrogens with one attached hydrogen (secondary N) is 1. The van der Waals surface area contributed by atoms with E-state index in [0.717, 1.165) is 23.2 Å². The number of allylic oxidation sites excluding steroid dienone is 2. The van der Waals surface area contributed by atoms with E-state index in [-0.39, 0.29) is 34.6 Å². The summed E-state index contributed by atoms with van der Waals surface area (Å²) in [6.07, 6.45) is 5.12. The molecule has 0 amide bonds. The molecule has 4 rings (SSSR count). The summed E-state index contributed by atoms with van der Waals surface area (Å²) >= 11 is 5.98. The first-order valence-electron chi connectivity index (χ1n) is 9.17. The normalized spacial score (nSPS) is 22.1. The Balaban J connectivity index is 1.73. The third-order valence-electron chi connectivity index (χ3n) is 5.40. The van der Waals surface area contributed by atoms with Crippen molar-refractivity contribution in [2.24, 2.45) is 5.92 Å². The molecule has 3 atom stereocenters.